The van der Waals surface area contributed by atoms with E-state index in [9.17, 15) is 5.11 Å². The Morgan fingerprint density at radius 2 is 2.25 bits per heavy atom. The van der Waals surface area contributed by atoms with Crippen molar-refractivity contribution in [1.82, 2.24) is 20.0 Å². The third kappa shape index (κ3) is 5.79. The van der Waals surface area contributed by atoms with Crippen LogP contribution in [0.2, 0.25) is 0 Å². The van der Waals surface area contributed by atoms with E-state index in [4.69, 9.17) is 0 Å². The fourth-order valence-electron chi connectivity index (χ4n) is 2.75. The molecule has 0 amide bonds. The van der Waals surface area contributed by atoms with E-state index < -0.39 is 0 Å². The molecule has 0 bridgehead atoms. The van der Waals surface area contributed by atoms with Gasteiger partial charge in [0.05, 0.1) is 12.2 Å². The summed E-state index contributed by atoms with van der Waals surface area (Å²) in [6.07, 6.45) is 5.95. The van der Waals surface area contributed by atoms with Gasteiger partial charge in [-0.2, -0.15) is 0 Å². The molecule has 6 nitrogen and oxygen atoms in total. The summed E-state index contributed by atoms with van der Waals surface area (Å²) >= 11 is 1.63. The van der Waals surface area contributed by atoms with Crippen LogP contribution < -0.4 is 10.6 Å². The highest BCUT2D eigenvalue weighted by atomic mass is 32.1. The number of guanidine groups is 1. The maximum absolute atomic E-state index is 9.24. The number of nitrogens with zero attached hydrogens (tertiary/aromatic N) is 3. The Balaban J connectivity index is 1.92. The molecule has 134 valence electrons. The Bertz CT molecular complexity index is 605. The van der Waals surface area contributed by atoms with Crippen molar-refractivity contribution in [3.63, 3.8) is 0 Å². The normalized spacial score (nSPS) is 13.6. The number of aliphatic hydroxyl groups excluding tert-OH is 1. The monoisotopic (exact) mass is 351 g/mol. The smallest absolute Gasteiger partial charge is 0.193 e. The molecule has 2 heterocycles. The minimum atomic E-state index is 0.234. The van der Waals surface area contributed by atoms with Crippen molar-refractivity contribution in [2.24, 2.45) is 16.8 Å². The van der Waals surface area contributed by atoms with Crippen LogP contribution in [0.5, 0.6) is 0 Å². The minimum absolute atomic E-state index is 0.234. The van der Waals surface area contributed by atoms with Crippen LogP contribution in [0.4, 0.5) is 0 Å². The summed E-state index contributed by atoms with van der Waals surface area (Å²) in [7, 11) is 0. The molecule has 0 spiro atoms. The summed E-state index contributed by atoms with van der Waals surface area (Å²) in [6, 6.07) is 0. The van der Waals surface area contributed by atoms with E-state index in [1.54, 1.807) is 11.3 Å². The fourth-order valence-corrected chi connectivity index (χ4v) is 3.47. The molecule has 2 aromatic heterocycles. The molecular weight excluding hydrogens is 322 g/mol. The van der Waals surface area contributed by atoms with Crippen LogP contribution in [0.15, 0.2) is 22.8 Å². The van der Waals surface area contributed by atoms with Crippen molar-refractivity contribution in [1.29, 1.82) is 0 Å². The van der Waals surface area contributed by atoms with Gasteiger partial charge in [-0.05, 0) is 31.6 Å². The van der Waals surface area contributed by atoms with Crippen LogP contribution in [-0.2, 0) is 6.54 Å². The summed E-state index contributed by atoms with van der Waals surface area (Å²) in [5, 5.41) is 17.9. The number of rotatable bonds is 9. The maximum atomic E-state index is 9.24. The number of hydrogen-bond acceptors (Lipinski definition) is 4. The molecule has 0 aliphatic carbocycles. The van der Waals surface area contributed by atoms with Gasteiger partial charge in [0.15, 0.2) is 10.9 Å². The van der Waals surface area contributed by atoms with E-state index in [-0.39, 0.29) is 6.61 Å². The number of fused-ring (bicyclic) bond motifs is 1. The number of aromatic nitrogens is 2. The molecule has 0 aliphatic heterocycles. The summed E-state index contributed by atoms with van der Waals surface area (Å²) < 4.78 is 2.02. The van der Waals surface area contributed by atoms with Crippen molar-refractivity contribution in [3.8, 4) is 0 Å². The largest absolute Gasteiger partial charge is 0.396 e. The molecule has 7 heteroatoms. The highest BCUT2D eigenvalue weighted by Gasteiger charge is 2.11. The van der Waals surface area contributed by atoms with Crippen LogP contribution in [0, 0.1) is 11.8 Å². The van der Waals surface area contributed by atoms with Gasteiger partial charge < -0.3 is 15.7 Å². The van der Waals surface area contributed by atoms with Crippen molar-refractivity contribution in [3.05, 3.63) is 23.5 Å². The zero-order valence-corrected chi connectivity index (χ0v) is 15.6. The van der Waals surface area contributed by atoms with E-state index in [0.717, 1.165) is 42.5 Å². The summed E-state index contributed by atoms with van der Waals surface area (Å²) in [6.45, 7) is 8.92. The summed E-state index contributed by atoms with van der Waals surface area (Å²) in [5.41, 5.74) is 0.966. The van der Waals surface area contributed by atoms with E-state index in [1.165, 1.54) is 0 Å². The lowest BCUT2D eigenvalue weighted by atomic mass is 9.94. The van der Waals surface area contributed by atoms with Gasteiger partial charge in [-0.25, -0.2) is 9.98 Å². The van der Waals surface area contributed by atoms with Crippen molar-refractivity contribution in [2.45, 2.75) is 40.2 Å². The molecular formula is C17H29N5OS. The van der Waals surface area contributed by atoms with Gasteiger partial charge in [0.2, 0.25) is 0 Å². The van der Waals surface area contributed by atoms with E-state index in [1.807, 2.05) is 22.2 Å². The Labute approximate surface area is 148 Å². The molecule has 1 unspecified atom stereocenters. The average Bonchev–Trinajstić information content (AvgIpc) is 3.10. The highest BCUT2D eigenvalue weighted by Crippen LogP contribution is 2.14. The third-order valence-corrected chi connectivity index (χ3v) is 4.56. The maximum Gasteiger partial charge on any atom is 0.193 e. The van der Waals surface area contributed by atoms with Gasteiger partial charge >= 0.3 is 0 Å². The van der Waals surface area contributed by atoms with Crippen molar-refractivity contribution >= 4 is 22.3 Å². The van der Waals surface area contributed by atoms with Gasteiger partial charge in [0, 0.05) is 37.5 Å². The molecule has 0 aliphatic rings. The van der Waals surface area contributed by atoms with Crippen LogP contribution in [0.3, 0.4) is 0 Å². The summed E-state index contributed by atoms with van der Waals surface area (Å²) in [5.74, 6) is 1.89. The number of aliphatic hydroxyl groups is 1. The second-order valence-electron chi connectivity index (χ2n) is 6.41. The lowest BCUT2D eigenvalue weighted by molar-refractivity contribution is 0.243. The predicted octanol–water partition coefficient (Wildman–Crippen LogP) is 2.50. The quantitative estimate of drug-likeness (QED) is 0.479. The van der Waals surface area contributed by atoms with Crippen molar-refractivity contribution in [2.75, 3.05) is 19.7 Å². The van der Waals surface area contributed by atoms with E-state index >= 15 is 0 Å². The Kier molecular flexibility index (Phi) is 7.52. The third-order valence-electron chi connectivity index (χ3n) is 3.79. The predicted molar refractivity (Wildman–Crippen MR) is 101 cm³/mol. The highest BCUT2D eigenvalue weighted by molar-refractivity contribution is 7.15. The molecule has 0 saturated heterocycles. The molecule has 3 N–H and O–H groups in total. The zero-order chi connectivity index (χ0) is 17.4. The topological polar surface area (TPSA) is 74.0 Å². The Hall–Kier alpha value is -1.60. The first-order chi connectivity index (χ1) is 11.6. The first kappa shape index (κ1) is 18.7. The number of thiazole rings is 1. The van der Waals surface area contributed by atoms with Gasteiger partial charge in [-0.15, -0.1) is 11.3 Å². The SMILES string of the molecule is CCNC(=NCc1cn2ccsc2n1)NCC(CCO)CC(C)C. The van der Waals surface area contributed by atoms with Gasteiger partial charge in [0.25, 0.3) is 0 Å². The number of aliphatic imine (C=N–C) groups is 1. The van der Waals surface area contributed by atoms with Crippen molar-refractivity contribution < 1.29 is 5.11 Å². The molecule has 24 heavy (non-hydrogen) atoms. The number of imidazole rings is 1. The molecule has 0 aromatic carbocycles. The molecule has 2 rings (SSSR count). The first-order valence-electron chi connectivity index (χ1n) is 8.66. The molecule has 0 fully saturated rings. The molecule has 0 saturated carbocycles. The van der Waals surface area contributed by atoms with Gasteiger partial charge in [-0.3, -0.25) is 4.40 Å². The Morgan fingerprint density at radius 3 is 2.92 bits per heavy atom. The lowest BCUT2D eigenvalue weighted by Gasteiger charge is -2.20. The lowest BCUT2D eigenvalue weighted by Crippen LogP contribution is -2.40. The number of nitrogens with one attached hydrogen (secondary N) is 2. The first-order valence-corrected chi connectivity index (χ1v) is 9.54. The van der Waals surface area contributed by atoms with Crippen LogP contribution >= 0.6 is 11.3 Å². The molecule has 1 atom stereocenters. The molecule has 0 radical (unpaired) electrons. The van der Waals surface area contributed by atoms with Crippen LogP contribution in [0.25, 0.3) is 4.96 Å². The van der Waals surface area contributed by atoms with Gasteiger partial charge in [0.1, 0.15) is 0 Å². The standard InChI is InChI=1S/C17H29N5OS/c1-4-18-16(19-10-14(5-7-23)9-13(2)3)20-11-15-12-22-6-8-24-17(22)21-15/h6,8,12-14,23H,4-5,7,9-11H2,1-3H3,(H2,18,19,20). The number of hydrogen-bond donors (Lipinski definition) is 3. The Morgan fingerprint density at radius 1 is 1.42 bits per heavy atom. The fraction of sp³-hybridized carbons (Fsp3) is 0.647. The summed E-state index contributed by atoms with van der Waals surface area (Å²) in [4.78, 5) is 10.2. The average molecular weight is 352 g/mol. The van der Waals surface area contributed by atoms with E-state index in [2.05, 4.69) is 41.4 Å². The second kappa shape index (κ2) is 9.64. The van der Waals surface area contributed by atoms with E-state index in [0.29, 0.717) is 18.4 Å². The van der Waals surface area contributed by atoms with Crippen LogP contribution in [0.1, 0.15) is 39.3 Å². The van der Waals surface area contributed by atoms with Crippen LogP contribution in [-0.4, -0.2) is 40.1 Å². The minimum Gasteiger partial charge on any atom is -0.396 e. The van der Waals surface area contributed by atoms with Gasteiger partial charge in [-0.1, -0.05) is 13.8 Å². The second-order valence-corrected chi connectivity index (χ2v) is 7.28. The zero-order valence-electron chi connectivity index (χ0n) is 14.8. The molecule has 2 aromatic rings.